The molecule has 0 radical (unpaired) electrons. The van der Waals surface area contributed by atoms with Gasteiger partial charge in [-0.25, -0.2) is 0 Å². The van der Waals surface area contributed by atoms with Gasteiger partial charge in [-0.3, -0.25) is 5.10 Å². The molecule has 5 nitrogen and oxygen atoms in total. The van der Waals surface area contributed by atoms with Crippen molar-refractivity contribution in [1.82, 2.24) is 10.2 Å². The average molecular weight is 204 g/mol. The van der Waals surface area contributed by atoms with E-state index in [1.807, 2.05) is 13.8 Å². The fourth-order valence-corrected chi connectivity index (χ4v) is 1.92. The minimum atomic E-state index is -0.00231. The Balaban J connectivity index is 2.57. The largest absolute Gasteiger partial charge is 0.420 e. The lowest BCUT2D eigenvalue weighted by atomic mass is 9.88. The number of ether oxygens (including phenoxy) is 1. The Bertz CT molecular complexity index is 466. The summed E-state index contributed by atoms with van der Waals surface area (Å²) in [6.07, 6.45) is 0.806. The third-order valence-corrected chi connectivity index (χ3v) is 2.66. The number of fused-ring (bicyclic) bond motifs is 1. The van der Waals surface area contributed by atoms with Crippen LogP contribution in [0.1, 0.15) is 30.5 Å². The molecule has 1 aromatic rings. The number of H-pyrrole nitrogens is 1. The second kappa shape index (κ2) is 3.31. The Morgan fingerprint density at radius 1 is 1.67 bits per heavy atom. The molecule has 0 aromatic carbocycles. The van der Waals surface area contributed by atoms with Crippen LogP contribution in [0.3, 0.4) is 0 Å². The van der Waals surface area contributed by atoms with E-state index < -0.39 is 0 Å². The highest BCUT2D eigenvalue weighted by Crippen LogP contribution is 2.39. The van der Waals surface area contributed by atoms with Crippen molar-refractivity contribution in [2.75, 3.05) is 0 Å². The van der Waals surface area contributed by atoms with Crippen molar-refractivity contribution < 1.29 is 4.74 Å². The van der Waals surface area contributed by atoms with Gasteiger partial charge >= 0.3 is 0 Å². The standard InChI is InChI=1S/C10H12N4O/c1-3-6-7(4-11)9(12)15-10-8(6)5(2)13-14-10/h6H,3,12H2,1-2H3,(H,13,14)/t6-/m1/s1. The number of aromatic amines is 1. The van der Waals surface area contributed by atoms with Gasteiger partial charge in [-0.1, -0.05) is 6.92 Å². The van der Waals surface area contributed by atoms with Crippen molar-refractivity contribution in [2.24, 2.45) is 5.73 Å². The molecule has 0 saturated heterocycles. The summed E-state index contributed by atoms with van der Waals surface area (Å²) in [7, 11) is 0. The molecule has 15 heavy (non-hydrogen) atoms. The molecule has 78 valence electrons. The summed E-state index contributed by atoms with van der Waals surface area (Å²) in [6, 6.07) is 2.10. The van der Waals surface area contributed by atoms with Crippen LogP contribution in [0.5, 0.6) is 5.88 Å². The van der Waals surface area contributed by atoms with Crippen LogP contribution in [0.25, 0.3) is 0 Å². The molecular weight excluding hydrogens is 192 g/mol. The number of aryl methyl sites for hydroxylation is 1. The lowest BCUT2D eigenvalue weighted by molar-refractivity contribution is 0.372. The lowest BCUT2D eigenvalue weighted by Gasteiger charge is -2.21. The summed E-state index contributed by atoms with van der Waals surface area (Å²) >= 11 is 0. The highest BCUT2D eigenvalue weighted by atomic mass is 16.5. The second-order valence-corrected chi connectivity index (χ2v) is 3.52. The number of rotatable bonds is 1. The number of aromatic nitrogens is 2. The molecule has 0 saturated carbocycles. The van der Waals surface area contributed by atoms with Crippen LogP contribution in [-0.2, 0) is 0 Å². The normalized spacial score (nSPS) is 19.4. The first kappa shape index (κ1) is 9.59. The summed E-state index contributed by atoms with van der Waals surface area (Å²) in [5, 5.41) is 15.9. The second-order valence-electron chi connectivity index (χ2n) is 3.52. The quantitative estimate of drug-likeness (QED) is 0.721. The number of nitrogens with two attached hydrogens (primary N) is 1. The summed E-state index contributed by atoms with van der Waals surface area (Å²) in [5.74, 6) is 0.664. The van der Waals surface area contributed by atoms with Crippen LogP contribution in [-0.4, -0.2) is 10.2 Å². The number of nitrogens with zero attached hydrogens (tertiary/aromatic N) is 2. The van der Waals surface area contributed by atoms with Crippen molar-refractivity contribution in [1.29, 1.82) is 5.26 Å². The van der Waals surface area contributed by atoms with Crippen molar-refractivity contribution in [3.8, 4) is 11.9 Å². The summed E-state index contributed by atoms with van der Waals surface area (Å²) in [6.45, 7) is 3.92. The average Bonchev–Trinajstić information content (AvgIpc) is 2.58. The minimum absolute atomic E-state index is 0.00231. The molecule has 3 N–H and O–H groups in total. The van der Waals surface area contributed by atoms with E-state index in [0.717, 1.165) is 17.7 Å². The monoisotopic (exact) mass is 204 g/mol. The van der Waals surface area contributed by atoms with Crippen LogP contribution in [0.2, 0.25) is 0 Å². The van der Waals surface area contributed by atoms with Gasteiger partial charge in [-0.05, 0) is 13.3 Å². The fourth-order valence-electron chi connectivity index (χ4n) is 1.92. The molecule has 2 rings (SSSR count). The Hall–Kier alpha value is -1.96. The Labute approximate surface area is 87.5 Å². The predicted octanol–water partition coefficient (Wildman–Crippen LogP) is 1.30. The van der Waals surface area contributed by atoms with E-state index in [-0.39, 0.29) is 11.8 Å². The summed E-state index contributed by atoms with van der Waals surface area (Å²) in [4.78, 5) is 0. The van der Waals surface area contributed by atoms with E-state index in [1.54, 1.807) is 0 Å². The number of allylic oxidation sites excluding steroid dienone is 1. The zero-order valence-corrected chi connectivity index (χ0v) is 8.66. The number of hydrogen-bond acceptors (Lipinski definition) is 4. The van der Waals surface area contributed by atoms with Crippen molar-refractivity contribution in [3.05, 3.63) is 22.7 Å². The van der Waals surface area contributed by atoms with Crippen molar-refractivity contribution >= 4 is 0 Å². The molecule has 5 heteroatoms. The van der Waals surface area contributed by atoms with Crippen LogP contribution in [0.4, 0.5) is 0 Å². The molecule has 2 heterocycles. The molecule has 0 spiro atoms. The number of hydrogen-bond donors (Lipinski definition) is 2. The van der Waals surface area contributed by atoms with Gasteiger partial charge in [0.1, 0.15) is 6.07 Å². The SMILES string of the molecule is CC[C@@H]1C(C#N)=C(N)Oc2n[nH]c(C)c21. The zero-order chi connectivity index (χ0) is 11.0. The van der Waals surface area contributed by atoms with E-state index in [0.29, 0.717) is 11.5 Å². The maximum atomic E-state index is 9.02. The maximum Gasteiger partial charge on any atom is 0.243 e. The zero-order valence-electron chi connectivity index (χ0n) is 8.66. The summed E-state index contributed by atoms with van der Waals surface area (Å²) < 4.78 is 5.28. The third-order valence-electron chi connectivity index (χ3n) is 2.66. The first-order valence-corrected chi connectivity index (χ1v) is 4.81. The molecule has 1 aromatic heterocycles. The van der Waals surface area contributed by atoms with Crippen LogP contribution in [0, 0.1) is 18.3 Å². The maximum absolute atomic E-state index is 9.02. The molecular formula is C10H12N4O. The molecule has 1 aliphatic rings. The van der Waals surface area contributed by atoms with E-state index in [1.165, 1.54) is 0 Å². The van der Waals surface area contributed by atoms with Gasteiger partial charge in [-0.15, -0.1) is 5.10 Å². The van der Waals surface area contributed by atoms with Gasteiger partial charge in [0.2, 0.25) is 11.8 Å². The lowest BCUT2D eigenvalue weighted by Crippen LogP contribution is -2.19. The molecule has 0 unspecified atom stereocenters. The van der Waals surface area contributed by atoms with Crippen LogP contribution < -0.4 is 10.5 Å². The van der Waals surface area contributed by atoms with Gasteiger partial charge in [-0.2, -0.15) is 5.26 Å². The Morgan fingerprint density at radius 3 is 3.00 bits per heavy atom. The van der Waals surface area contributed by atoms with Gasteiger partial charge in [0, 0.05) is 17.2 Å². The highest BCUT2D eigenvalue weighted by Gasteiger charge is 2.31. The smallest absolute Gasteiger partial charge is 0.243 e. The van der Waals surface area contributed by atoms with Crippen LogP contribution in [0.15, 0.2) is 11.5 Å². The minimum Gasteiger partial charge on any atom is -0.420 e. The molecule has 1 atom stereocenters. The van der Waals surface area contributed by atoms with Gasteiger partial charge in [0.05, 0.1) is 5.57 Å². The first-order chi connectivity index (χ1) is 7.19. The Morgan fingerprint density at radius 2 is 2.40 bits per heavy atom. The van der Waals surface area contributed by atoms with Crippen LogP contribution >= 0.6 is 0 Å². The first-order valence-electron chi connectivity index (χ1n) is 4.81. The third kappa shape index (κ3) is 1.26. The van der Waals surface area contributed by atoms with Crippen molar-refractivity contribution in [2.45, 2.75) is 26.2 Å². The fraction of sp³-hybridized carbons (Fsp3) is 0.400. The topological polar surface area (TPSA) is 87.7 Å². The molecule has 1 aliphatic heterocycles. The van der Waals surface area contributed by atoms with E-state index in [4.69, 9.17) is 15.7 Å². The molecule has 0 fully saturated rings. The van der Waals surface area contributed by atoms with Gasteiger partial charge in [0.15, 0.2) is 0 Å². The molecule has 0 bridgehead atoms. The van der Waals surface area contributed by atoms with Gasteiger partial charge in [0.25, 0.3) is 0 Å². The Kier molecular flexibility index (Phi) is 2.12. The van der Waals surface area contributed by atoms with E-state index >= 15 is 0 Å². The predicted molar refractivity (Wildman–Crippen MR) is 53.8 cm³/mol. The van der Waals surface area contributed by atoms with Gasteiger partial charge < -0.3 is 10.5 Å². The van der Waals surface area contributed by atoms with E-state index in [9.17, 15) is 0 Å². The molecule has 0 amide bonds. The molecule has 0 aliphatic carbocycles. The summed E-state index contributed by atoms with van der Waals surface area (Å²) in [5.41, 5.74) is 8.03. The number of nitrogens with one attached hydrogen (secondary N) is 1. The highest BCUT2D eigenvalue weighted by molar-refractivity contribution is 5.48. The van der Waals surface area contributed by atoms with Crippen molar-refractivity contribution in [3.63, 3.8) is 0 Å². The van der Waals surface area contributed by atoms with E-state index in [2.05, 4.69) is 16.3 Å². The number of nitriles is 1.